The van der Waals surface area contributed by atoms with Crippen LogP contribution in [0.1, 0.15) is 10.4 Å². The zero-order valence-electron chi connectivity index (χ0n) is 14.6. The fourth-order valence-corrected chi connectivity index (χ4v) is 2.57. The summed E-state index contributed by atoms with van der Waals surface area (Å²) in [7, 11) is 2.88. The number of ether oxygens (including phenoxy) is 2. The molecule has 0 aliphatic heterocycles. The van der Waals surface area contributed by atoms with Gasteiger partial charge in [0.15, 0.2) is 0 Å². The third-order valence-electron chi connectivity index (χ3n) is 3.95. The number of rotatable bonds is 5. The van der Waals surface area contributed by atoms with Crippen LogP contribution in [-0.2, 0) is 0 Å². The Kier molecular flexibility index (Phi) is 5.30. The number of carbonyl (C=O) groups excluding carboxylic acids is 1. The van der Waals surface area contributed by atoms with Gasteiger partial charge >= 0.3 is 0 Å². The summed E-state index contributed by atoms with van der Waals surface area (Å²) in [6.45, 7) is 0. The van der Waals surface area contributed by atoms with Crippen LogP contribution in [0.15, 0.2) is 54.9 Å². The lowest BCUT2D eigenvalue weighted by Gasteiger charge is -2.11. The SMILES string of the molecule is COc1ccc(-c2ccc(C(=O)Nc3cnccc3OC)c(F)c2)c(F)c1. The molecule has 27 heavy (non-hydrogen) atoms. The average molecular weight is 370 g/mol. The number of amides is 1. The number of benzene rings is 2. The van der Waals surface area contributed by atoms with Gasteiger partial charge in [0.05, 0.1) is 26.0 Å². The van der Waals surface area contributed by atoms with Crippen molar-refractivity contribution in [1.82, 2.24) is 4.98 Å². The maximum atomic E-state index is 14.5. The lowest BCUT2D eigenvalue weighted by atomic mass is 10.0. The van der Waals surface area contributed by atoms with Crippen molar-refractivity contribution in [1.29, 1.82) is 0 Å². The molecule has 1 N–H and O–H groups in total. The molecule has 1 aromatic heterocycles. The van der Waals surface area contributed by atoms with E-state index in [2.05, 4.69) is 10.3 Å². The number of hydrogen-bond donors (Lipinski definition) is 1. The highest BCUT2D eigenvalue weighted by Gasteiger charge is 2.16. The summed E-state index contributed by atoms with van der Waals surface area (Å²) in [5, 5.41) is 2.55. The van der Waals surface area contributed by atoms with Crippen LogP contribution in [-0.4, -0.2) is 25.1 Å². The molecule has 0 spiro atoms. The summed E-state index contributed by atoms with van der Waals surface area (Å²) in [6, 6.07) is 9.73. The number of nitrogens with one attached hydrogen (secondary N) is 1. The molecule has 0 aliphatic carbocycles. The van der Waals surface area contributed by atoms with Gasteiger partial charge in [-0.1, -0.05) is 6.07 Å². The molecule has 0 bridgehead atoms. The van der Waals surface area contributed by atoms with E-state index in [1.54, 1.807) is 12.1 Å². The van der Waals surface area contributed by atoms with Gasteiger partial charge in [0.2, 0.25) is 0 Å². The Morgan fingerprint density at radius 3 is 2.48 bits per heavy atom. The second kappa shape index (κ2) is 7.82. The van der Waals surface area contributed by atoms with Gasteiger partial charge in [-0.15, -0.1) is 0 Å². The molecule has 0 aliphatic rings. The maximum absolute atomic E-state index is 14.5. The van der Waals surface area contributed by atoms with Gasteiger partial charge in [0, 0.05) is 23.9 Å². The molecule has 0 saturated heterocycles. The van der Waals surface area contributed by atoms with Crippen LogP contribution >= 0.6 is 0 Å². The van der Waals surface area contributed by atoms with Crippen molar-refractivity contribution in [2.45, 2.75) is 0 Å². The van der Waals surface area contributed by atoms with E-state index in [4.69, 9.17) is 9.47 Å². The summed E-state index contributed by atoms with van der Waals surface area (Å²) in [4.78, 5) is 16.3. The number of anilines is 1. The molecular formula is C20H16F2N2O3. The van der Waals surface area contributed by atoms with Crippen molar-refractivity contribution in [2.75, 3.05) is 19.5 Å². The predicted molar refractivity (Wildman–Crippen MR) is 97.1 cm³/mol. The maximum Gasteiger partial charge on any atom is 0.258 e. The van der Waals surface area contributed by atoms with Crippen molar-refractivity contribution < 1.29 is 23.0 Å². The van der Waals surface area contributed by atoms with E-state index in [-0.39, 0.29) is 11.1 Å². The third kappa shape index (κ3) is 3.87. The molecule has 0 fully saturated rings. The third-order valence-corrected chi connectivity index (χ3v) is 3.95. The van der Waals surface area contributed by atoms with Crippen LogP contribution in [0.25, 0.3) is 11.1 Å². The first-order valence-corrected chi connectivity index (χ1v) is 7.96. The van der Waals surface area contributed by atoms with Gasteiger partial charge in [0.1, 0.15) is 28.8 Å². The van der Waals surface area contributed by atoms with E-state index < -0.39 is 17.5 Å². The number of halogens is 2. The molecule has 1 amide bonds. The highest BCUT2D eigenvalue weighted by atomic mass is 19.1. The zero-order chi connectivity index (χ0) is 19.4. The summed E-state index contributed by atoms with van der Waals surface area (Å²) in [5.74, 6) is -1.23. The van der Waals surface area contributed by atoms with Gasteiger partial charge in [-0.2, -0.15) is 0 Å². The van der Waals surface area contributed by atoms with Gasteiger partial charge in [-0.25, -0.2) is 8.78 Å². The minimum absolute atomic E-state index is 0.182. The molecule has 0 saturated carbocycles. The highest BCUT2D eigenvalue weighted by Crippen LogP contribution is 2.28. The normalized spacial score (nSPS) is 10.4. The van der Waals surface area contributed by atoms with Gasteiger partial charge < -0.3 is 14.8 Å². The molecule has 0 radical (unpaired) electrons. The number of aromatic nitrogens is 1. The monoisotopic (exact) mass is 370 g/mol. The van der Waals surface area contributed by atoms with Crippen LogP contribution in [0.4, 0.5) is 14.5 Å². The topological polar surface area (TPSA) is 60.5 Å². The molecule has 1 heterocycles. The van der Waals surface area contributed by atoms with E-state index in [9.17, 15) is 13.6 Å². The number of hydrogen-bond acceptors (Lipinski definition) is 4. The van der Waals surface area contributed by atoms with E-state index in [1.165, 1.54) is 50.9 Å². The first-order chi connectivity index (χ1) is 13.0. The Morgan fingerprint density at radius 2 is 1.81 bits per heavy atom. The molecular weight excluding hydrogens is 354 g/mol. The highest BCUT2D eigenvalue weighted by molar-refractivity contribution is 6.05. The first-order valence-electron chi connectivity index (χ1n) is 7.96. The van der Waals surface area contributed by atoms with Crippen molar-refractivity contribution in [3.05, 3.63) is 72.1 Å². The molecule has 2 aromatic carbocycles. The van der Waals surface area contributed by atoms with Gasteiger partial charge in [-0.05, 0) is 29.8 Å². The second-order valence-electron chi connectivity index (χ2n) is 5.57. The molecule has 0 unspecified atom stereocenters. The van der Waals surface area contributed by atoms with Crippen LogP contribution in [0.3, 0.4) is 0 Å². The Balaban J connectivity index is 1.87. The Hall–Kier alpha value is -3.48. The quantitative estimate of drug-likeness (QED) is 0.728. The largest absolute Gasteiger partial charge is 0.497 e. The van der Waals surface area contributed by atoms with Crippen LogP contribution < -0.4 is 14.8 Å². The summed E-state index contributed by atoms with van der Waals surface area (Å²) >= 11 is 0. The molecule has 7 heteroatoms. The summed E-state index contributed by atoms with van der Waals surface area (Å²) in [6.07, 6.45) is 2.91. The van der Waals surface area contributed by atoms with Crippen molar-refractivity contribution in [2.24, 2.45) is 0 Å². The molecule has 3 rings (SSSR count). The average Bonchev–Trinajstić information content (AvgIpc) is 2.68. The number of pyridine rings is 1. The summed E-state index contributed by atoms with van der Waals surface area (Å²) in [5.41, 5.74) is 0.645. The molecule has 0 atom stereocenters. The number of carbonyl (C=O) groups is 1. The van der Waals surface area contributed by atoms with Crippen molar-refractivity contribution >= 4 is 11.6 Å². The molecule has 138 valence electrons. The fraction of sp³-hybridized carbons (Fsp3) is 0.100. The molecule has 5 nitrogen and oxygen atoms in total. The van der Waals surface area contributed by atoms with Gasteiger partial charge in [0.25, 0.3) is 5.91 Å². The minimum atomic E-state index is -0.775. The zero-order valence-corrected chi connectivity index (χ0v) is 14.6. The number of nitrogens with zero attached hydrogens (tertiary/aromatic N) is 1. The Labute approximate surface area is 154 Å². The van der Waals surface area contributed by atoms with Crippen LogP contribution in [0.5, 0.6) is 11.5 Å². The fourth-order valence-electron chi connectivity index (χ4n) is 2.57. The minimum Gasteiger partial charge on any atom is -0.497 e. The van der Waals surface area contributed by atoms with Crippen LogP contribution in [0, 0.1) is 11.6 Å². The van der Waals surface area contributed by atoms with Crippen molar-refractivity contribution in [3.63, 3.8) is 0 Å². The van der Waals surface area contributed by atoms with E-state index in [1.807, 2.05) is 0 Å². The second-order valence-corrected chi connectivity index (χ2v) is 5.57. The number of methoxy groups -OCH3 is 2. The standard InChI is InChI=1S/C20H16F2N2O3/c1-26-13-4-6-14(17(22)10-13)12-3-5-15(16(21)9-12)20(25)24-18-11-23-8-7-19(18)27-2/h3-11H,1-2H3,(H,24,25). The lowest BCUT2D eigenvalue weighted by Crippen LogP contribution is -2.14. The Bertz CT molecular complexity index is 993. The van der Waals surface area contributed by atoms with E-state index >= 15 is 0 Å². The van der Waals surface area contributed by atoms with Gasteiger partial charge in [-0.3, -0.25) is 9.78 Å². The molecule has 3 aromatic rings. The van der Waals surface area contributed by atoms with Crippen molar-refractivity contribution in [3.8, 4) is 22.6 Å². The first kappa shape index (κ1) is 18.3. The van der Waals surface area contributed by atoms with Crippen LogP contribution in [0.2, 0.25) is 0 Å². The van der Waals surface area contributed by atoms with E-state index in [0.29, 0.717) is 22.7 Å². The predicted octanol–water partition coefficient (Wildman–Crippen LogP) is 4.30. The summed E-state index contributed by atoms with van der Waals surface area (Å²) < 4.78 is 38.7. The lowest BCUT2D eigenvalue weighted by molar-refractivity contribution is 0.102. The Morgan fingerprint density at radius 1 is 1.00 bits per heavy atom. The van der Waals surface area contributed by atoms with E-state index in [0.717, 1.165) is 6.07 Å². The smallest absolute Gasteiger partial charge is 0.258 e.